The van der Waals surface area contributed by atoms with Crippen LogP contribution in [0.25, 0.3) is 0 Å². The fraction of sp³-hybridized carbons (Fsp3) is 0.667. The summed E-state index contributed by atoms with van der Waals surface area (Å²) < 4.78 is 11.3. The Hall–Kier alpha value is -2.12. The first-order valence-corrected chi connectivity index (χ1v) is 11.2. The minimum Gasteiger partial charge on any atom is -0.459 e. The SMILES string of the molecule is CN(C)c1ccc(CN(N)C(=O)[C@H](COCC2CCCCC2)C(=O)OC(C)(C)C)cc1. The quantitative estimate of drug-likeness (QED) is 0.211. The van der Waals surface area contributed by atoms with Crippen molar-refractivity contribution in [3.63, 3.8) is 0 Å². The Morgan fingerprint density at radius 1 is 1.10 bits per heavy atom. The lowest BCUT2D eigenvalue weighted by Crippen LogP contribution is -2.46. The van der Waals surface area contributed by atoms with Gasteiger partial charge < -0.3 is 14.4 Å². The molecule has 2 rings (SSSR count). The van der Waals surface area contributed by atoms with E-state index < -0.39 is 23.4 Å². The van der Waals surface area contributed by atoms with Crippen LogP contribution in [0.15, 0.2) is 24.3 Å². The highest BCUT2D eigenvalue weighted by Gasteiger charge is 2.34. The Kier molecular flexibility index (Phi) is 9.32. The highest BCUT2D eigenvalue weighted by Crippen LogP contribution is 2.24. The largest absolute Gasteiger partial charge is 0.459 e. The number of nitrogens with two attached hydrogens (primary N) is 1. The van der Waals surface area contributed by atoms with Gasteiger partial charge in [-0.1, -0.05) is 31.4 Å². The van der Waals surface area contributed by atoms with Crippen LogP contribution in [0.4, 0.5) is 5.69 Å². The molecule has 2 N–H and O–H groups in total. The fourth-order valence-electron chi connectivity index (χ4n) is 3.69. The third-order valence-corrected chi connectivity index (χ3v) is 5.44. The van der Waals surface area contributed by atoms with Crippen LogP contribution in [0.1, 0.15) is 58.4 Å². The molecule has 0 radical (unpaired) electrons. The van der Waals surface area contributed by atoms with Crippen LogP contribution in [0.2, 0.25) is 0 Å². The number of amides is 1. The predicted octanol–water partition coefficient (Wildman–Crippen LogP) is 3.51. The van der Waals surface area contributed by atoms with E-state index in [2.05, 4.69) is 0 Å². The molecule has 0 aliphatic heterocycles. The number of rotatable bonds is 9. The van der Waals surface area contributed by atoms with Gasteiger partial charge in [0.25, 0.3) is 5.91 Å². The predicted molar refractivity (Wildman–Crippen MR) is 122 cm³/mol. The minimum absolute atomic E-state index is 0.0164. The van der Waals surface area contributed by atoms with E-state index in [9.17, 15) is 9.59 Å². The molecule has 0 spiro atoms. The van der Waals surface area contributed by atoms with E-state index in [1.165, 1.54) is 19.3 Å². The number of nitrogens with zero attached hydrogens (tertiary/aromatic N) is 2. The molecule has 1 aliphatic carbocycles. The average molecular weight is 434 g/mol. The summed E-state index contributed by atoms with van der Waals surface area (Å²) >= 11 is 0. The maximum Gasteiger partial charge on any atom is 0.321 e. The van der Waals surface area contributed by atoms with E-state index in [1.807, 2.05) is 43.3 Å². The molecule has 1 aromatic rings. The molecule has 0 saturated heterocycles. The van der Waals surface area contributed by atoms with Gasteiger partial charge in [-0.05, 0) is 57.2 Å². The van der Waals surface area contributed by atoms with Gasteiger partial charge in [-0.3, -0.25) is 14.6 Å². The van der Waals surface area contributed by atoms with Crippen LogP contribution >= 0.6 is 0 Å². The van der Waals surface area contributed by atoms with Gasteiger partial charge >= 0.3 is 5.97 Å². The molecule has 1 amide bonds. The molecule has 1 saturated carbocycles. The van der Waals surface area contributed by atoms with Gasteiger partial charge in [0.05, 0.1) is 13.2 Å². The lowest BCUT2D eigenvalue weighted by molar-refractivity contribution is -0.168. The summed E-state index contributed by atoms with van der Waals surface area (Å²) in [5.74, 6) is 4.40. The van der Waals surface area contributed by atoms with E-state index >= 15 is 0 Å². The first kappa shape index (κ1) is 25.1. The summed E-state index contributed by atoms with van der Waals surface area (Å²) in [4.78, 5) is 27.8. The van der Waals surface area contributed by atoms with Crippen molar-refractivity contribution in [2.75, 3.05) is 32.2 Å². The van der Waals surface area contributed by atoms with Gasteiger partial charge in [-0.2, -0.15) is 0 Å². The minimum atomic E-state index is -1.08. The molecule has 174 valence electrons. The number of hydrogen-bond acceptors (Lipinski definition) is 6. The van der Waals surface area contributed by atoms with Crippen LogP contribution in [0.3, 0.4) is 0 Å². The third-order valence-electron chi connectivity index (χ3n) is 5.44. The first-order valence-electron chi connectivity index (χ1n) is 11.2. The zero-order valence-corrected chi connectivity index (χ0v) is 19.7. The summed E-state index contributed by atoms with van der Waals surface area (Å²) in [7, 11) is 3.93. The lowest BCUT2D eigenvalue weighted by atomic mass is 9.90. The molecular weight excluding hydrogens is 394 g/mol. The number of hydrogen-bond donors (Lipinski definition) is 1. The summed E-state index contributed by atoms with van der Waals surface area (Å²) in [6.07, 6.45) is 5.97. The Morgan fingerprint density at radius 2 is 1.71 bits per heavy atom. The number of benzene rings is 1. The van der Waals surface area contributed by atoms with Crippen LogP contribution in [-0.2, 0) is 25.6 Å². The molecule has 7 nitrogen and oxygen atoms in total. The second-order valence-corrected chi connectivity index (χ2v) is 9.65. The van der Waals surface area contributed by atoms with Crippen molar-refractivity contribution in [3.8, 4) is 0 Å². The van der Waals surface area contributed by atoms with E-state index in [1.54, 1.807) is 20.8 Å². The molecule has 1 atom stereocenters. The Morgan fingerprint density at radius 3 is 2.26 bits per heavy atom. The number of ether oxygens (including phenoxy) is 2. The Labute approximate surface area is 186 Å². The molecule has 0 aromatic heterocycles. The maximum absolute atomic E-state index is 13.0. The second-order valence-electron chi connectivity index (χ2n) is 9.65. The summed E-state index contributed by atoms with van der Waals surface area (Å²) in [6.45, 7) is 6.08. The molecule has 1 aliphatic rings. The van der Waals surface area contributed by atoms with E-state index in [0.717, 1.165) is 29.1 Å². The summed E-state index contributed by atoms with van der Waals surface area (Å²) in [5.41, 5.74) is 1.24. The lowest BCUT2D eigenvalue weighted by Gasteiger charge is -2.27. The molecule has 1 aromatic carbocycles. The van der Waals surface area contributed by atoms with Gasteiger partial charge in [-0.25, -0.2) is 5.84 Å². The topological polar surface area (TPSA) is 85.1 Å². The van der Waals surface area contributed by atoms with Gasteiger partial charge in [0.2, 0.25) is 0 Å². The van der Waals surface area contributed by atoms with Crippen molar-refractivity contribution in [2.45, 2.75) is 65.0 Å². The molecule has 0 bridgehead atoms. The van der Waals surface area contributed by atoms with Gasteiger partial charge in [0, 0.05) is 26.4 Å². The monoisotopic (exact) mass is 433 g/mol. The zero-order valence-electron chi connectivity index (χ0n) is 19.7. The van der Waals surface area contributed by atoms with Crippen molar-refractivity contribution in [1.29, 1.82) is 0 Å². The number of anilines is 1. The molecule has 7 heteroatoms. The normalized spacial score (nSPS) is 15.9. The third kappa shape index (κ3) is 8.50. The van der Waals surface area contributed by atoms with Crippen LogP contribution < -0.4 is 10.7 Å². The van der Waals surface area contributed by atoms with Crippen molar-refractivity contribution in [1.82, 2.24) is 5.01 Å². The average Bonchev–Trinajstić information content (AvgIpc) is 2.70. The zero-order chi connectivity index (χ0) is 23.0. The number of carbonyl (C=O) groups excluding carboxylic acids is 2. The maximum atomic E-state index is 13.0. The Balaban J connectivity index is 2.01. The van der Waals surface area contributed by atoms with Gasteiger partial charge in [0.1, 0.15) is 5.60 Å². The van der Waals surface area contributed by atoms with E-state index in [-0.39, 0.29) is 13.2 Å². The molecule has 0 heterocycles. The van der Waals surface area contributed by atoms with Crippen molar-refractivity contribution in [3.05, 3.63) is 29.8 Å². The number of carbonyl (C=O) groups is 2. The molecule has 0 unspecified atom stereocenters. The highest BCUT2D eigenvalue weighted by atomic mass is 16.6. The molecular formula is C24H39N3O4. The van der Waals surface area contributed by atoms with Crippen LogP contribution in [0.5, 0.6) is 0 Å². The molecule has 31 heavy (non-hydrogen) atoms. The number of esters is 1. The van der Waals surface area contributed by atoms with Gasteiger partial charge in [0.15, 0.2) is 5.92 Å². The van der Waals surface area contributed by atoms with Crippen LogP contribution in [0, 0.1) is 11.8 Å². The first-order chi connectivity index (χ1) is 14.6. The van der Waals surface area contributed by atoms with E-state index in [0.29, 0.717) is 12.5 Å². The van der Waals surface area contributed by atoms with Crippen molar-refractivity contribution >= 4 is 17.6 Å². The van der Waals surface area contributed by atoms with Gasteiger partial charge in [-0.15, -0.1) is 0 Å². The summed E-state index contributed by atoms with van der Waals surface area (Å²) in [5, 5.41) is 1.09. The summed E-state index contributed by atoms with van der Waals surface area (Å²) in [6, 6.07) is 7.77. The number of hydrazine groups is 1. The smallest absolute Gasteiger partial charge is 0.321 e. The second kappa shape index (κ2) is 11.5. The van der Waals surface area contributed by atoms with E-state index in [4.69, 9.17) is 15.3 Å². The highest BCUT2D eigenvalue weighted by molar-refractivity contribution is 5.97. The standard InChI is InChI=1S/C24H39N3O4/c1-24(2,3)31-23(29)21(17-30-16-19-9-7-6-8-10-19)22(28)27(25)15-18-11-13-20(14-12-18)26(4)5/h11-14,19,21H,6-10,15-17,25H2,1-5H3/t21-/m0/s1. The van der Waals surface area contributed by atoms with Crippen molar-refractivity contribution < 1.29 is 19.1 Å². The molecule has 1 fully saturated rings. The van der Waals surface area contributed by atoms with Crippen LogP contribution in [-0.4, -0.2) is 49.8 Å². The fourth-order valence-corrected chi connectivity index (χ4v) is 3.69. The Bertz CT molecular complexity index is 707. The van der Waals surface area contributed by atoms with Crippen molar-refractivity contribution in [2.24, 2.45) is 17.7 Å².